The molecule has 0 heterocycles. The normalized spacial score (nSPS) is 33.2. The molecule has 2 aliphatic rings. The van der Waals surface area contributed by atoms with Crippen molar-refractivity contribution in [1.82, 2.24) is 0 Å². The van der Waals surface area contributed by atoms with Gasteiger partial charge in [0.1, 0.15) is 5.78 Å². The molecule has 0 aromatic carbocycles. The van der Waals surface area contributed by atoms with Crippen molar-refractivity contribution in [2.45, 2.75) is 52.4 Å². The van der Waals surface area contributed by atoms with E-state index < -0.39 is 0 Å². The zero-order chi connectivity index (χ0) is 11.5. The molecular formula is C15H24O. The highest BCUT2D eigenvalue weighted by molar-refractivity contribution is 5.82. The molecule has 90 valence electrons. The fourth-order valence-corrected chi connectivity index (χ4v) is 3.30. The average molecular weight is 220 g/mol. The molecule has 2 aliphatic carbocycles. The second-order valence-corrected chi connectivity index (χ2v) is 5.80. The fraction of sp³-hybridized carbons (Fsp3) is 0.800. The van der Waals surface area contributed by atoms with Crippen molar-refractivity contribution in [2.75, 3.05) is 0 Å². The summed E-state index contributed by atoms with van der Waals surface area (Å²) in [7, 11) is 0. The van der Waals surface area contributed by atoms with Crippen LogP contribution in [0.5, 0.6) is 0 Å². The summed E-state index contributed by atoms with van der Waals surface area (Å²) < 4.78 is 0. The van der Waals surface area contributed by atoms with Crippen molar-refractivity contribution in [3.05, 3.63) is 12.2 Å². The third-order valence-electron chi connectivity index (χ3n) is 4.29. The van der Waals surface area contributed by atoms with E-state index >= 15 is 0 Å². The highest BCUT2D eigenvalue weighted by Crippen LogP contribution is 2.44. The number of rotatable bonds is 6. The average Bonchev–Trinajstić information content (AvgIpc) is 2.87. The molecule has 4 unspecified atom stereocenters. The molecule has 1 nitrogen and oxygen atoms in total. The lowest BCUT2D eigenvalue weighted by molar-refractivity contribution is -0.124. The van der Waals surface area contributed by atoms with Crippen LogP contribution in [0, 0.1) is 23.7 Å². The summed E-state index contributed by atoms with van der Waals surface area (Å²) in [6.45, 7) is 4.45. The van der Waals surface area contributed by atoms with Crippen LogP contribution in [0.1, 0.15) is 52.4 Å². The quantitative estimate of drug-likeness (QED) is 0.619. The first-order valence-electron chi connectivity index (χ1n) is 6.91. The van der Waals surface area contributed by atoms with Crippen molar-refractivity contribution in [3.63, 3.8) is 0 Å². The molecule has 1 heteroatoms. The molecule has 2 bridgehead atoms. The van der Waals surface area contributed by atoms with Crippen LogP contribution < -0.4 is 0 Å². The van der Waals surface area contributed by atoms with E-state index in [0.717, 1.165) is 18.8 Å². The van der Waals surface area contributed by atoms with Crippen molar-refractivity contribution in [1.29, 1.82) is 0 Å². The maximum absolute atomic E-state index is 12.2. The lowest BCUT2D eigenvalue weighted by atomic mass is 9.85. The number of carbonyl (C=O) groups excluding carboxylic acids is 1. The van der Waals surface area contributed by atoms with E-state index in [4.69, 9.17) is 0 Å². The van der Waals surface area contributed by atoms with Gasteiger partial charge in [-0.1, -0.05) is 45.3 Å². The standard InChI is InChI=1S/C15H24O/c1-3-4-5-11(2)8-15(16)14-10-12-6-7-13(14)9-12/h6-7,11-14H,3-5,8-10H2,1-2H3. The minimum absolute atomic E-state index is 0.374. The minimum atomic E-state index is 0.374. The van der Waals surface area contributed by atoms with E-state index in [9.17, 15) is 4.79 Å². The molecule has 0 radical (unpaired) electrons. The second kappa shape index (κ2) is 5.16. The molecule has 0 aliphatic heterocycles. The van der Waals surface area contributed by atoms with Crippen molar-refractivity contribution < 1.29 is 4.79 Å². The summed E-state index contributed by atoms with van der Waals surface area (Å²) in [5, 5.41) is 0. The first kappa shape index (κ1) is 11.9. The SMILES string of the molecule is CCCCC(C)CC(=O)C1CC2C=CC1C2. The van der Waals surface area contributed by atoms with Crippen LogP contribution in [0.15, 0.2) is 12.2 Å². The molecule has 1 saturated carbocycles. The van der Waals surface area contributed by atoms with Gasteiger partial charge in [-0.15, -0.1) is 0 Å². The zero-order valence-electron chi connectivity index (χ0n) is 10.6. The number of fused-ring (bicyclic) bond motifs is 2. The largest absolute Gasteiger partial charge is 0.299 e. The minimum Gasteiger partial charge on any atom is -0.299 e. The van der Waals surface area contributed by atoms with E-state index in [0.29, 0.717) is 23.5 Å². The van der Waals surface area contributed by atoms with Crippen molar-refractivity contribution in [3.8, 4) is 0 Å². The van der Waals surface area contributed by atoms with Gasteiger partial charge in [-0.2, -0.15) is 0 Å². The predicted molar refractivity (Wildman–Crippen MR) is 67.2 cm³/mol. The van der Waals surface area contributed by atoms with Gasteiger partial charge in [0.15, 0.2) is 0 Å². The van der Waals surface area contributed by atoms with E-state index in [1.54, 1.807) is 0 Å². The lowest BCUT2D eigenvalue weighted by Gasteiger charge is -2.19. The maximum Gasteiger partial charge on any atom is 0.136 e. The van der Waals surface area contributed by atoms with Gasteiger partial charge in [-0.05, 0) is 30.6 Å². The molecule has 0 amide bonds. The number of allylic oxidation sites excluding steroid dienone is 2. The topological polar surface area (TPSA) is 17.1 Å². The van der Waals surface area contributed by atoms with Crippen LogP contribution in [-0.2, 0) is 4.79 Å². The van der Waals surface area contributed by atoms with Gasteiger partial charge in [0.05, 0.1) is 0 Å². The monoisotopic (exact) mass is 220 g/mol. The molecule has 16 heavy (non-hydrogen) atoms. The Morgan fingerprint density at radius 2 is 2.19 bits per heavy atom. The van der Waals surface area contributed by atoms with Crippen LogP contribution in [0.4, 0.5) is 0 Å². The molecule has 0 aromatic heterocycles. The van der Waals surface area contributed by atoms with Gasteiger partial charge in [0, 0.05) is 12.3 Å². The van der Waals surface area contributed by atoms with Crippen molar-refractivity contribution in [2.24, 2.45) is 23.7 Å². The molecule has 0 saturated heterocycles. The number of unbranched alkanes of at least 4 members (excludes halogenated alkanes) is 1. The van der Waals surface area contributed by atoms with E-state index in [1.807, 2.05) is 0 Å². The summed E-state index contributed by atoms with van der Waals surface area (Å²) in [5.74, 6) is 2.83. The summed E-state index contributed by atoms with van der Waals surface area (Å²) in [6, 6.07) is 0. The van der Waals surface area contributed by atoms with Crippen LogP contribution in [-0.4, -0.2) is 5.78 Å². The first-order valence-corrected chi connectivity index (χ1v) is 6.91. The number of hydrogen-bond donors (Lipinski definition) is 0. The first-order chi connectivity index (χ1) is 7.70. The number of Topliss-reactive ketones (excluding diaryl/α,β-unsaturated/α-hetero) is 1. The summed E-state index contributed by atoms with van der Waals surface area (Å²) >= 11 is 0. The van der Waals surface area contributed by atoms with Gasteiger partial charge in [-0.25, -0.2) is 0 Å². The Bertz CT molecular complexity index is 279. The van der Waals surface area contributed by atoms with Gasteiger partial charge in [0.2, 0.25) is 0 Å². The van der Waals surface area contributed by atoms with Crippen LogP contribution >= 0.6 is 0 Å². The molecule has 1 fully saturated rings. The highest BCUT2D eigenvalue weighted by Gasteiger charge is 2.39. The van der Waals surface area contributed by atoms with E-state index in [-0.39, 0.29) is 0 Å². The predicted octanol–water partition coefficient (Wildman–Crippen LogP) is 3.98. The zero-order valence-corrected chi connectivity index (χ0v) is 10.6. The Balaban J connectivity index is 1.78. The molecule has 4 atom stereocenters. The molecule has 0 N–H and O–H groups in total. The van der Waals surface area contributed by atoms with Gasteiger partial charge < -0.3 is 0 Å². The molecule has 0 aromatic rings. The maximum atomic E-state index is 12.2. The number of hydrogen-bond acceptors (Lipinski definition) is 1. The summed E-state index contributed by atoms with van der Waals surface area (Å²) in [4.78, 5) is 12.2. The van der Waals surface area contributed by atoms with Gasteiger partial charge in [0.25, 0.3) is 0 Å². The Labute approximate surface area is 99.3 Å². The van der Waals surface area contributed by atoms with Gasteiger partial charge >= 0.3 is 0 Å². The third kappa shape index (κ3) is 2.56. The van der Waals surface area contributed by atoms with Gasteiger partial charge in [-0.3, -0.25) is 4.79 Å². The highest BCUT2D eigenvalue weighted by atomic mass is 16.1. The Morgan fingerprint density at radius 3 is 2.75 bits per heavy atom. The molecule has 0 spiro atoms. The second-order valence-electron chi connectivity index (χ2n) is 5.80. The molecule has 2 rings (SSSR count). The van der Waals surface area contributed by atoms with Crippen LogP contribution in [0.25, 0.3) is 0 Å². The van der Waals surface area contributed by atoms with Crippen molar-refractivity contribution >= 4 is 5.78 Å². The Morgan fingerprint density at radius 1 is 1.38 bits per heavy atom. The van der Waals surface area contributed by atoms with Crippen LogP contribution in [0.3, 0.4) is 0 Å². The van der Waals surface area contributed by atoms with E-state index in [2.05, 4.69) is 26.0 Å². The van der Waals surface area contributed by atoms with Crippen LogP contribution in [0.2, 0.25) is 0 Å². The molecular weight excluding hydrogens is 196 g/mol. The lowest BCUT2D eigenvalue weighted by Crippen LogP contribution is -2.20. The Hall–Kier alpha value is -0.590. The van der Waals surface area contributed by atoms with E-state index in [1.165, 1.54) is 25.7 Å². The summed E-state index contributed by atoms with van der Waals surface area (Å²) in [5.41, 5.74) is 0. The third-order valence-corrected chi connectivity index (χ3v) is 4.29. The Kier molecular flexibility index (Phi) is 3.83. The number of ketones is 1. The summed E-state index contributed by atoms with van der Waals surface area (Å²) in [6.07, 6.45) is 11.5. The fourth-order valence-electron chi connectivity index (χ4n) is 3.30. The number of carbonyl (C=O) groups is 1. The smallest absolute Gasteiger partial charge is 0.136 e.